The smallest absolute Gasteiger partial charge is 0.258 e. The molecule has 1 aliphatic carbocycles. The first-order valence-corrected chi connectivity index (χ1v) is 8.32. The van der Waals surface area contributed by atoms with Gasteiger partial charge in [-0.25, -0.2) is 0 Å². The molecule has 0 bridgehead atoms. The van der Waals surface area contributed by atoms with Gasteiger partial charge in [-0.15, -0.1) is 0 Å². The van der Waals surface area contributed by atoms with Crippen molar-refractivity contribution in [1.29, 1.82) is 0 Å². The Kier molecular flexibility index (Phi) is 5.18. The summed E-state index contributed by atoms with van der Waals surface area (Å²) in [6.07, 6.45) is 5.77. The van der Waals surface area contributed by atoms with Crippen LogP contribution in [0.5, 0.6) is 5.75 Å². The molecule has 1 unspecified atom stereocenters. The minimum atomic E-state index is -0.378. The summed E-state index contributed by atoms with van der Waals surface area (Å²) < 4.78 is 15.7. The lowest BCUT2D eigenvalue weighted by Gasteiger charge is -2.47. The number of hydrogen-bond acceptors (Lipinski definition) is 4. The third-order valence-corrected chi connectivity index (χ3v) is 4.97. The fourth-order valence-electron chi connectivity index (χ4n) is 3.37. The highest BCUT2D eigenvalue weighted by atomic mass is 16.7. The first-order chi connectivity index (χ1) is 11.2. The molecule has 1 saturated heterocycles. The van der Waals surface area contributed by atoms with E-state index in [-0.39, 0.29) is 24.8 Å². The molecule has 5 nitrogen and oxygen atoms in total. The molecule has 0 aromatic heterocycles. The SMILES string of the molecule is COCO[C@H]1C(=O)N(c2ccc(OC)cc2)C1CCC1CCC1. The summed E-state index contributed by atoms with van der Waals surface area (Å²) in [6, 6.07) is 7.73. The number of hydrogen-bond donors (Lipinski definition) is 0. The van der Waals surface area contributed by atoms with Gasteiger partial charge in [0.05, 0.1) is 13.2 Å². The van der Waals surface area contributed by atoms with Crippen LogP contribution >= 0.6 is 0 Å². The van der Waals surface area contributed by atoms with Gasteiger partial charge in [0.15, 0.2) is 6.10 Å². The van der Waals surface area contributed by atoms with Crippen LogP contribution in [0.2, 0.25) is 0 Å². The van der Waals surface area contributed by atoms with E-state index in [1.165, 1.54) is 19.3 Å². The number of carbonyl (C=O) groups excluding carboxylic acids is 1. The third-order valence-electron chi connectivity index (χ3n) is 4.97. The second kappa shape index (κ2) is 7.32. The molecule has 23 heavy (non-hydrogen) atoms. The van der Waals surface area contributed by atoms with Gasteiger partial charge >= 0.3 is 0 Å². The largest absolute Gasteiger partial charge is 0.497 e. The van der Waals surface area contributed by atoms with E-state index in [0.29, 0.717) is 0 Å². The van der Waals surface area contributed by atoms with E-state index in [0.717, 1.165) is 30.2 Å². The van der Waals surface area contributed by atoms with Crippen molar-refractivity contribution in [2.45, 2.75) is 44.2 Å². The van der Waals surface area contributed by atoms with Crippen molar-refractivity contribution in [1.82, 2.24) is 0 Å². The standard InChI is InChI=1S/C18H25NO4/c1-21-12-23-17-16(11-6-13-4-3-5-13)19(18(17)20)14-7-9-15(22-2)10-8-14/h7-10,13,16-17H,3-6,11-12H2,1-2H3/t16?,17-/m1/s1. The van der Waals surface area contributed by atoms with Gasteiger partial charge in [0.2, 0.25) is 0 Å². The normalized spacial score (nSPS) is 24.3. The van der Waals surface area contributed by atoms with Gasteiger partial charge in [-0.3, -0.25) is 4.79 Å². The second-order valence-corrected chi connectivity index (χ2v) is 6.34. The summed E-state index contributed by atoms with van der Waals surface area (Å²) in [6.45, 7) is 0.160. The molecular formula is C18H25NO4. The summed E-state index contributed by atoms with van der Waals surface area (Å²) in [7, 11) is 3.22. The Morgan fingerprint density at radius 2 is 1.87 bits per heavy atom. The highest BCUT2D eigenvalue weighted by Crippen LogP contribution is 2.37. The Bertz CT molecular complexity index is 526. The predicted molar refractivity (Wildman–Crippen MR) is 87.6 cm³/mol. The maximum absolute atomic E-state index is 12.5. The number of anilines is 1. The average molecular weight is 319 g/mol. The van der Waals surface area contributed by atoms with Crippen LogP contribution in [-0.4, -0.2) is 39.1 Å². The Hall–Kier alpha value is -1.59. The molecule has 2 fully saturated rings. The molecule has 1 heterocycles. The molecule has 5 heteroatoms. The van der Waals surface area contributed by atoms with E-state index in [2.05, 4.69) is 0 Å². The monoisotopic (exact) mass is 319 g/mol. The first-order valence-electron chi connectivity index (χ1n) is 8.32. The summed E-state index contributed by atoms with van der Waals surface area (Å²) in [5.74, 6) is 1.64. The van der Waals surface area contributed by atoms with Gasteiger partial charge in [0.25, 0.3) is 5.91 Å². The number of amides is 1. The van der Waals surface area contributed by atoms with Gasteiger partial charge in [-0.2, -0.15) is 0 Å². The lowest BCUT2D eigenvalue weighted by Crippen LogP contribution is -2.66. The Morgan fingerprint density at radius 3 is 2.43 bits per heavy atom. The summed E-state index contributed by atoms with van der Waals surface area (Å²) >= 11 is 0. The minimum absolute atomic E-state index is 0.0193. The van der Waals surface area contributed by atoms with E-state index in [4.69, 9.17) is 14.2 Å². The van der Waals surface area contributed by atoms with Crippen LogP contribution in [-0.2, 0) is 14.3 Å². The molecule has 1 saturated carbocycles. The van der Waals surface area contributed by atoms with E-state index < -0.39 is 0 Å². The molecule has 126 valence electrons. The van der Waals surface area contributed by atoms with Gasteiger partial charge in [0.1, 0.15) is 12.5 Å². The zero-order valence-electron chi connectivity index (χ0n) is 13.9. The highest BCUT2D eigenvalue weighted by molar-refractivity contribution is 6.04. The highest BCUT2D eigenvalue weighted by Gasteiger charge is 2.48. The molecule has 1 aromatic carbocycles. The molecule has 2 aliphatic rings. The van der Waals surface area contributed by atoms with Crippen molar-refractivity contribution >= 4 is 11.6 Å². The fourth-order valence-corrected chi connectivity index (χ4v) is 3.37. The van der Waals surface area contributed by atoms with Crippen LogP contribution in [0.1, 0.15) is 32.1 Å². The summed E-state index contributed by atoms with van der Waals surface area (Å²) in [5.41, 5.74) is 0.909. The first kappa shape index (κ1) is 16.3. The number of rotatable bonds is 8. The van der Waals surface area contributed by atoms with E-state index in [1.807, 2.05) is 29.2 Å². The number of methoxy groups -OCH3 is 2. The molecule has 1 amide bonds. The Labute approximate surface area is 137 Å². The van der Waals surface area contributed by atoms with Gasteiger partial charge in [-0.05, 0) is 43.0 Å². The van der Waals surface area contributed by atoms with Crippen LogP contribution < -0.4 is 9.64 Å². The quantitative estimate of drug-likeness (QED) is 0.546. The van der Waals surface area contributed by atoms with E-state index >= 15 is 0 Å². The average Bonchev–Trinajstić information content (AvgIpc) is 2.53. The van der Waals surface area contributed by atoms with Crippen LogP contribution in [0.25, 0.3) is 0 Å². The van der Waals surface area contributed by atoms with Crippen LogP contribution in [0.15, 0.2) is 24.3 Å². The van der Waals surface area contributed by atoms with Crippen LogP contribution in [0, 0.1) is 5.92 Å². The Balaban J connectivity index is 1.68. The van der Waals surface area contributed by atoms with Gasteiger partial charge in [-0.1, -0.05) is 19.3 Å². The molecule has 0 spiro atoms. The number of β-lactam (4-membered cyclic amide) rings is 1. The van der Waals surface area contributed by atoms with E-state index in [1.54, 1.807) is 14.2 Å². The third kappa shape index (κ3) is 3.35. The topological polar surface area (TPSA) is 48.0 Å². The second-order valence-electron chi connectivity index (χ2n) is 6.34. The number of carbonyl (C=O) groups is 1. The predicted octanol–water partition coefficient (Wildman–Crippen LogP) is 2.98. The van der Waals surface area contributed by atoms with Crippen molar-refractivity contribution in [3.63, 3.8) is 0 Å². The molecule has 0 N–H and O–H groups in total. The maximum Gasteiger partial charge on any atom is 0.258 e. The van der Waals surface area contributed by atoms with Gasteiger partial charge < -0.3 is 19.1 Å². The number of benzene rings is 1. The van der Waals surface area contributed by atoms with Crippen molar-refractivity contribution < 1.29 is 19.0 Å². The van der Waals surface area contributed by atoms with Crippen molar-refractivity contribution in [3.05, 3.63) is 24.3 Å². The molecule has 1 aliphatic heterocycles. The minimum Gasteiger partial charge on any atom is -0.497 e. The van der Waals surface area contributed by atoms with Crippen LogP contribution in [0.4, 0.5) is 5.69 Å². The Morgan fingerprint density at radius 1 is 1.13 bits per heavy atom. The van der Waals surface area contributed by atoms with Crippen molar-refractivity contribution in [2.24, 2.45) is 5.92 Å². The molecule has 3 rings (SSSR count). The van der Waals surface area contributed by atoms with Crippen molar-refractivity contribution in [3.8, 4) is 5.75 Å². The number of nitrogens with zero attached hydrogens (tertiary/aromatic N) is 1. The molecule has 1 aromatic rings. The fraction of sp³-hybridized carbons (Fsp3) is 0.611. The zero-order chi connectivity index (χ0) is 16.2. The molecular weight excluding hydrogens is 294 g/mol. The van der Waals surface area contributed by atoms with Crippen LogP contribution in [0.3, 0.4) is 0 Å². The molecule has 2 atom stereocenters. The number of ether oxygens (including phenoxy) is 3. The lowest BCUT2D eigenvalue weighted by atomic mass is 9.79. The van der Waals surface area contributed by atoms with Crippen molar-refractivity contribution in [2.75, 3.05) is 25.9 Å². The maximum atomic E-state index is 12.5. The zero-order valence-corrected chi connectivity index (χ0v) is 13.9. The lowest BCUT2D eigenvalue weighted by molar-refractivity contribution is -0.154. The molecule has 0 radical (unpaired) electrons. The van der Waals surface area contributed by atoms with Gasteiger partial charge in [0, 0.05) is 12.8 Å². The summed E-state index contributed by atoms with van der Waals surface area (Å²) in [5, 5.41) is 0. The summed E-state index contributed by atoms with van der Waals surface area (Å²) in [4.78, 5) is 14.3. The van der Waals surface area contributed by atoms with E-state index in [9.17, 15) is 4.79 Å².